The molecule has 4 aromatic rings. The Labute approximate surface area is 454 Å². The lowest BCUT2D eigenvalue weighted by Crippen LogP contribution is -2.59. The molecule has 5 amide bonds. The molecular weight excluding hydrogens is 1010 g/mol. The predicted molar refractivity (Wildman–Crippen MR) is 299 cm³/mol. The number of aromatic nitrogens is 2. The second kappa shape index (κ2) is 27.6. The Bertz CT molecular complexity index is 2760. The minimum atomic E-state index is -3.60. The maximum Gasteiger partial charge on any atom is 0.246 e. The zero-order chi connectivity index (χ0) is 55.9. The Morgan fingerprint density at radius 3 is 2.22 bits per heavy atom. The third kappa shape index (κ3) is 16.4. The van der Waals surface area contributed by atoms with Gasteiger partial charge in [0.05, 0.1) is 46.9 Å². The molecule has 1 fully saturated rings. The number of amides is 5. The van der Waals surface area contributed by atoms with Crippen LogP contribution in [0.15, 0.2) is 77.8 Å². The van der Waals surface area contributed by atoms with Crippen molar-refractivity contribution >= 4 is 74.1 Å². The fourth-order valence-electron chi connectivity index (χ4n) is 8.94. The SMILES string of the molecule is CC[C@@H](NC(=O)[C@@H]1C[C@H](NC(=O)CCCCCCC(=O)N(C)CCc2cc(OC)c(Nc3ncc(Cl)c(Nc4ccccc4S(=O)(=O)C(C)C)n3)cc2C)CN1C(=O)[C@@H](NC(=O)[C@H](C)NC)C(C)(C)C)c1ccccc1. The quantitative estimate of drug-likeness (QED) is 0.0328. The van der Waals surface area contributed by atoms with Crippen LogP contribution < -0.4 is 36.6 Å². The first-order valence-electron chi connectivity index (χ1n) is 26.2. The summed E-state index contributed by atoms with van der Waals surface area (Å²) in [7, 11) is 1.41. The smallest absolute Gasteiger partial charge is 0.246 e. The Hall–Kier alpha value is -6.31. The lowest BCUT2D eigenvalue weighted by atomic mass is 9.85. The minimum Gasteiger partial charge on any atom is -0.495 e. The second-order valence-corrected chi connectivity index (χ2v) is 23.8. The van der Waals surface area contributed by atoms with Crippen molar-refractivity contribution in [3.8, 4) is 5.75 Å². The van der Waals surface area contributed by atoms with Crippen LogP contribution in [0.3, 0.4) is 0 Å². The number of likely N-dealkylation sites (N-methyl/N-ethyl adjacent to an activating group) is 2. The van der Waals surface area contributed by atoms with E-state index in [2.05, 4.69) is 41.9 Å². The zero-order valence-corrected chi connectivity index (χ0v) is 47.6. The summed E-state index contributed by atoms with van der Waals surface area (Å²) in [6, 6.07) is 17.0. The Balaban J connectivity index is 1.10. The van der Waals surface area contributed by atoms with E-state index in [9.17, 15) is 32.4 Å². The summed E-state index contributed by atoms with van der Waals surface area (Å²) < 4.78 is 31.9. The van der Waals surface area contributed by atoms with Crippen molar-refractivity contribution < 1.29 is 37.1 Å². The second-order valence-electron chi connectivity index (χ2n) is 20.9. The van der Waals surface area contributed by atoms with Gasteiger partial charge >= 0.3 is 0 Å². The summed E-state index contributed by atoms with van der Waals surface area (Å²) in [4.78, 5) is 80.3. The molecule has 1 aliphatic rings. The van der Waals surface area contributed by atoms with E-state index in [4.69, 9.17) is 16.3 Å². The van der Waals surface area contributed by atoms with Gasteiger partial charge in [0.2, 0.25) is 35.5 Å². The molecule has 0 bridgehead atoms. The maximum atomic E-state index is 14.4. The molecule has 3 aromatic carbocycles. The summed E-state index contributed by atoms with van der Waals surface area (Å²) >= 11 is 6.47. The van der Waals surface area contributed by atoms with E-state index >= 15 is 0 Å². The number of anilines is 4. The van der Waals surface area contributed by atoms with Crippen molar-refractivity contribution in [3.63, 3.8) is 0 Å². The van der Waals surface area contributed by atoms with Crippen LogP contribution in [0.4, 0.5) is 23.1 Å². The van der Waals surface area contributed by atoms with Crippen molar-refractivity contribution in [1.82, 2.24) is 41.0 Å². The van der Waals surface area contributed by atoms with Crippen LogP contribution in [-0.2, 0) is 40.2 Å². The number of aryl methyl sites for hydroxylation is 1. The highest BCUT2D eigenvalue weighted by molar-refractivity contribution is 7.92. The maximum absolute atomic E-state index is 14.4. The molecule has 20 heteroatoms. The summed E-state index contributed by atoms with van der Waals surface area (Å²) in [5, 5.41) is 17.9. The molecule has 5 atom stereocenters. The fraction of sp³-hybridized carbons (Fsp3) is 0.518. The van der Waals surface area contributed by atoms with Crippen LogP contribution in [0.5, 0.6) is 5.75 Å². The van der Waals surface area contributed by atoms with Gasteiger partial charge in [0.25, 0.3) is 0 Å². The molecule has 0 aliphatic carbocycles. The third-order valence-electron chi connectivity index (χ3n) is 13.8. The number of hydrogen-bond donors (Lipinski definition) is 6. The average Bonchev–Trinajstić information content (AvgIpc) is 3.82. The van der Waals surface area contributed by atoms with E-state index < -0.39 is 44.7 Å². The van der Waals surface area contributed by atoms with E-state index in [0.717, 1.165) is 29.5 Å². The first kappa shape index (κ1) is 60.6. The van der Waals surface area contributed by atoms with E-state index in [1.54, 1.807) is 71.1 Å². The number of ether oxygens (including phenoxy) is 1. The van der Waals surface area contributed by atoms with Gasteiger partial charge in [-0.25, -0.2) is 13.4 Å². The minimum absolute atomic E-state index is 0.0205. The Morgan fingerprint density at radius 1 is 0.908 bits per heavy atom. The number of nitrogens with one attached hydrogen (secondary N) is 6. The van der Waals surface area contributed by atoms with Crippen LogP contribution in [-0.4, -0.2) is 121 Å². The largest absolute Gasteiger partial charge is 0.495 e. The van der Waals surface area contributed by atoms with Crippen LogP contribution in [0.25, 0.3) is 0 Å². The van der Waals surface area contributed by atoms with Crippen LogP contribution >= 0.6 is 11.6 Å². The molecule has 2 heterocycles. The summed E-state index contributed by atoms with van der Waals surface area (Å²) in [6.45, 7) is 15.1. The van der Waals surface area contributed by atoms with Crippen molar-refractivity contribution in [2.24, 2.45) is 5.41 Å². The number of halogens is 1. The summed E-state index contributed by atoms with van der Waals surface area (Å²) in [5.74, 6) is -0.233. The number of sulfone groups is 1. The Morgan fingerprint density at radius 2 is 1.58 bits per heavy atom. The van der Waals surface area contributed by atoms with Gasteiger partial charge in [-0.3, -0.25) is 24.0 Å². The average molecular weight is 1090 g/mol. The summed E-state index contributed by atoms with van der Waals surface area (Å²) in [6.07, 6.45) is 6.28. The molecule has 1 aliphatic heterocycles. The number of carbonyl (C=O) groups is 5. The van der Waals surface area contributed by atoms with Gasteiger partial charge in [0.1, 0.15) is 22.9 Å². The molecule has 1 saturated heterocycles. The van der Waals surface area contributed by atoms with Crippen LogP contribution in [0.1, 0.15) is 123 Å². The zero-order valence-electron chi connectivity index (χ0n) is 46.0. The molecule has 0 unspecified atom stereocenters. The molecule has 76 heavy (non-hydrogen) atoms. The Kier molecular flexibility index (Phi) is 22.0. The number of rotatable bonds is 26. The predicted octanol–water partition coefficient (Wildman–Crippen LogP) is 7.95. The molecule has 18 nitrogen and oxygen atoms in total. The van der Waals surface area contributed by atoms with Gasteiger partial charge in [0, 0.05) is 39.0 Å². The highest BCUT2D eigenvalue weighted by Crippen LogP contribution is 2.34. The van der Waals surface area contributed by atoms with Crippen LogP contribution in [0.2, 0.25) is 5.02 Å². The number of hydrogen-bond acceptors (Lipinski definition) is 13. The van der Waals surface area contributed by atoms with Gasteiger partial charge in [0.15, 0.2) is 15.7 Å². The third-order valence-corrected chi connectivity index (χ3v) is 16.3. The number of para-hydroxylation sites is 1. The number of unbranched alkanes of at least 4 members (excludes halogenated alkanes) is 3. The van der Waals surface area contributed by atoms with Crippen molar-refractivity contribution in [3.05, 3.63) is 94.6 Å². The lowest BCUT2D eigenvalue weighted by molar-refractivity contribution is -0.144. The van der Waals surface area contributed by atoms with E-state index in [-0.39, 0.29) is 76.6 Å². The molecule has 1 aromatic heterocycles. The summed E-state index contributed by atoms with van der Waals surface area (Å²) in [5.41, 5.74) is 3.16. The topological polar surface area (TPSA) is 233 Å². The first-order chi connectivity index (χ1) is 36.0. The lowest BCUT2D eigenvalue weighted by Gasteiger charge is -2.36. The molecule has 6 N–H and O–H groups in total. The van der Waals surface area contributed by atoms with Gasteiger partial charge in [-0.05, 0) is 113 Å². The number of likely N-dealkylation sites (tertiary alicyclic amines) is 1. The van der Waals surface area contributed by atoms with Gasteiger partial charge in [-0.2, -0.15) is 4.98 Å². The molecule has 0 saturated carbocycles. The first-order valence-corrected chi connectivity index (χ1v) is 28.1. The number of nitrogens with zero attached hydrogens (tertiary/aromatic N) is 4. The number of carbonyl (C=O) groups excluding carboxylic acids is 5. The standard InChI is InChI=1S/C56H79ClN10O8S/c1-12-42(38-22-16-15-17-23-38)62-53(71)45-32-40(34-67(45)54(72)50(56(6,7)8)64-52(70)37(5)58-9)60-48(68)26-18-13-14-19-27-49(69)66(10)29-28-39-31-46(75-11)44(30-36(39)4)63-55-59-33-41(57)51(65-55)61-43-24-20-21-25-47(43)76(73,74)35(2)3/h15-17,20-25,30-31,33,35,37,40,42,45,50,58H,12-14,18-19,26-29,32,34H2,1-11H3,(H,60,68)(H,62,71)(H,64,70)(H2,59,61,63,65)/t37-,40-,42+,45-,50+/m0/s1. The van der Waals surface area contributed by atoms with Crippen molar-refractivity contribution in [1.29, 1.82) is 0 Å². The van der Waals surface area contributed by atoms with Crippen molar-refractivity contribution in [2.75, 3.05) is 44.9 Å². The van der Waals surface area contributed by atoms with Crippen molar-refractivity contribution in [2.45, 2.75) is 154 Å². The van der Waals surface area contributed by atoms with Crippen LogP contribution in [0, 0.1) is 12.3 Å². The highest BCUT2D eigenvalue weighted by atomic mass is 35.5. The highest BCUT2D eigenvalue weighted by Gasteiger charge is 2.46. The fourth-order valence-corrected chi connectivity index (χ4v) is 10.3. The van der Waals surface area contributed by atoms with Gasteiger partial charge < -0.3 is 46.4 Å². The molecule has 5 rings (SSSR count). The van der Waals surface area contributed by atoms with E-state index in [0.29, 0.717) is 55.8 Å². The van der Waals surface area contributed by atoms with Gasteiger partial charge in [-0.15, -0.1) is 0 Å². The number of benzene rings is 3. The van der Waals surface area contributed by atoms with Gasteiger partial charge in [-0.1, -0.05) is 94.6 Å². The molecular formula is C56H79ClN10O8S. The molecule has 0 spiro atoms. The van der Waals surface area contributed by atoms with E-state index in [1.165, 1.54) is 11.1 Å². The molecule has 414 valence electrons. The molecule has 0 radical (unpaired) electrons. The van der Waals surface area contributed by atoms with E-state index in [1.807, 2.05) is 77.1 Å². The normalized spacial score (nSPS) is 15.8. The number of methoxy groups -OCH3 is 1. The monoisotopic (exact) mass is 1090 g/mol.